The van der Waals surface area contributed by atoms with Gasteiger partial charge in [0.25, 0.3) is 0 Å². The van der Waals surface area contributed by atoms with Crippen LogP contribution in [0.2, 0.25) is 6.04 Å². The Morgan fingerprint density at radius 2 is 1.93 bits per heavy atom. The zero-order chi connectivity index (χ0) is 10.9. The highest BCUT2D eigenvalue weighted by Crippen LogP contribution is 2.15. The average Bonchev–Trinajstić information content (AvgIpc) is 2.24. The molecule has 0 aromatic rings. The average molecular weight is 223 g/mol. The molecule has 0 aliphatic carbocycles. The van der Waals surface area contributed by atoms with E-state index in [0.717, 1.165) is 12.8 Å². The second-order valence-corrected chi connectivity index (χ2v) is 5.92. The number of rotatable bonds is 9. The Bertz CT molecular complexity index is 133. The van der Waals surface area contributed by atoms with Gasteiger partial charge in [0.15, 0.2) is 0 Å². The van der Waals surface area contributed by atoms with Crippen molar-refractivity contribution in [1.82, 2.24) is 5.48 Å². The predicted molar refractivity (Wildman–Crippen MR) is 55.2 cm³/mol. The SMILES string of the molecule is CCCO[Si](CCCNO)(OC)OC. The van der Waals surface area contributed by atoms with E-state index in [2.05, 4.69) is 5.48 Å². The molecule has 0 aliphatic heterocycles. The maximum Gasteiger partial charge on any atom is 0.500 e. The lowest BCUT2D eigenvalue weighted by atomic mass is 10.5. The Labute approximate surface area is 86.7 Å². The summed E-state index contributed by atoms with van der Waals surface area (Å²) in [5.74, 6) is 0. The quantitative estimate of drug-likeness (QED) is 0.347. The van der Waals surface area contributed by atoms with Crippen LogP contribution in [0, 0.1) is 0 Å². The molecule has 2 N–H and O–H groups in total. The molecule has 0 radical (unpaired) electrons. The van der Waals surface area contributed by atoms with Crippen LogP contribution in [0.3, 0.4) is 0 Å². The molecule has 0 rings (SSSR count). The van der Waals surface area contributed by atoms with Gasteiger partial charge in [0.1, 0.15) is 0 Å². The fourth-order valence-corrected chi connectivity index (χ4v) is 3.20. The van der Waals surface area contributed by atoms with Gasteiger partial charge in [0.2, 0.25) is 0 Å². The summed E-state index contributed by atoms with van der Waals surface area (Å²) in [6.07, 6.45) is 1.72. The molecule has 86 valence electrons. The first-order valence-electron chi connectivity index (χ1n) is 4.86. The molecule has 6 heteroatoms. The monoisotopic (exact) mass is 223 g/mol. The number of hydrogen-bond donors (Lipinski definition) is 2. The number of hydroxylamine groups is 1. The van der Waals surface area contributed by atoms with Crippen LogP contribution in [0.5, 0.6) is 0 Å². The van der Waals surface area contributed by atoms with E-state index in [0.29, 0.717) is 19.2 Å². The third-order valence-corrected chi connectivity index (χ3v) is 4.77. The van der Waals surface area contributed by atoms with E-state index in [1.54, 1.807) is 14.2 Å². The summed E-state index contributed by atoms with van der Waals surface area (Å²) in [5, 5.41) is 8.43. The molecule has 0 spiro atoms. The fourth-order valence-electron chi connectivity index (χ4n) is 1.12. The third kappa shape index (κ3) is 5.04. The summed E-state index contributed by atoms with van der Waals surface area (Å²) >= 11 is 0. The van der Waals surface area contributed by atoms with Crippen LogP contribution in [-0.2, 0) is 13.3 Å². The Morgan fingerprint density at radius 3 is 2.36 bits per heavy atom. The molecule has 0 fully saturated rings. The topological polar surface area (TPSA) is 60.0 Å². The molecule has 0 saturated carbocycles. The molecule has 0 atom stereocenters. The van der Waals surface area contributed by atoms with Gasteiger partial charge in [0, 0.05) is 33.4 Å². The van der Waals surface area contributed by atoms with Crippen molar-refractivity contribution in [3.8, 4) is 0 Å². The van der Waals surface area contributed by atoms with Gasteiger partial charge in [-0.1, -0.05) is 6.92 Å². The molecular formula is C8H21NO4Si. The van der Waals surface area contributed by atoms with Crippen molar-refractivity contribution in [2.75, 3.05) is 27.4 Å². The summed E-state index contributed by atoms with van der Waals surface area (Å²) in [6.45, 7) is 3.22. The molecule has 0 aromatic carbocycles. The van der Waals surface area contributed by atoms with Crippen molar-refractivity contribution >= 4 is 8.80 Å². The first-order valence-corrected chi connectivity index (χ1v) is 6.79. The first-order chi connectivity index (χ1) is 6.74. The highest BCUT2D eigenvalue weighted by molar-refractivity contribution is 6.60. The van der Waals surface area contributed by atoms with Gasteiger partial charge in [-0.05, 0) is 12.8 Å². The van der Waals surface area contributed by atoms with Gasteiger partial charge in [-0.25, -0.2) is 5.48 Å². The number of hydrogen-bond acceptors (Lipinski definition) is 5. The Balaban J connectivity index is 3.94. The van der Waals surface area contributed by atoms with Crippen LogP contribution in [-0.4, -0.2) is 41.4 Å². The normalized spacial score (nSPS) is 12.0. The lowest BCUT2D eigenvalue weighted by molar-refractivity contribution is 0.0958. The summed E-state index contributed by atoms with van der Waals surface area (Å²) in [7, 11) is 0.765. The van der Waals surface area contributed by atoms with Gasteiger partial charge < -0.3 is 18.5 Å². The van der Waals surface area contributed by atoms with Gasteiger partial charge in [-0.2, -0.15) is 0 Å². The van der Waals surface area contributed by atoms with E-state index >= 15 is 0 Å². The van der Waals surface area contributed by atoms with Crippen molar-refractivity contribution in [1.29, 1.82) is 0 Å². The predicted octanol–water partition coefficient (Wildman–Crippen LogP) is 1.01. The second-order valence-electron chi connectivity index (χ2n) is 2.95. The van der Waals surface area contributed by atoms with E-state index in [1.807, 2.05) is 6.92 Å². The van der Waals surface area contributed by atoms with E-state index in [1.165, 1.54) is 0 Å². The summed E-state index contributed by atoms with van der Waals surface area (Å²) in [6, 6.07) is 0.716. The minimum atomic E-state index is -2.45. The van der Waals surface area contributed by atoms with Crippen molar-refractivity contribution in [2.45, 2.75) is 25.8 Å². The van der Waals surface area contributed by atoms with E-state index in [-0.39, 0.29) is 0 Å². The minimum absolute atomic E-state index is 0.525. The zero-order valence-corrected chi connectivity index (χ0v) is 10.2. The van der Waals surface area contributed by atoms with Crippen molar-refractivity contribution in [2.24, 2.45) is 0 Å². The van der Waals surface area contributed by atoms with Crippen LogP contribution in [0.25, 0.3) is 0 Å². The highest BCUT2D eigenvalue weighted by atomic mass is 28.4. The second kappa shape index (κ2) is 8.34. The molecule has 0 aliphatic rings. The molecule has 0 aromatic heterocycles. The van der Waals surface area contributed by atoms with Crippen LogP contribution < -0.4 is 5.48 Å². The summed E-state index contributed by atoms with van der Waals surface area (Å²) in [5.41, 5.74) is 2.10. The maximum absolute atomic E-state index is 8.43. The molecule has 14 heavy (non-hydrogen) atoms. The van der Waals surface area contributed by atoms with Gasteiger partial charge >= 0.3 is 8.80 Å². The lowest BCUT2D eigenvalue weighted by Gasteiger charge is -2.26. The van der Waals surface area contributed by atoms with Gasteiger partial charge in [-0.3, -0.25) is 0 Å². The molecule has 0 saturated heterocycles. The Kier molecular flexibility index (Phi) is 8.35. The molecule has 0 amide bonds. The summed E-state index contributed by atoms with van der Waals surface area (Å²) < 4.78 is 16.3. The van der Waals surface area contributed by atoms with Crippen molar-refractivity contribution < 1.29 is 18.5 Å². The van der Waals surface area contributed by atoms with Crippen molar-refractivity contribution in [3.63, 3.8) is 0 Å². The fraction of sp³-hybridized carbons (Fsp3) is 1.00. The molecule has 0 unspecified atom stereocenters. The maximum atomic E-state index is 8.43. The first kappa shape index (κ1) is 14.0. The van der Waals surface area contributed by atoms with E-state index in [9.17, 15) is 0 Å². The molecule has 0 heterocycles. The van der Waals surface area contributed by atoms with Crippen LogP contribution in [0.15, 0.2) is 0 Å². The zero-order valence-electron chi connectivity index (χ0n) is 9.21. The Morgan fingerprint density at radius 1 is 1.29 bits per heavy atom. The van der Waals surface area contributed by atoms with Crippen LogP contribution >= 0.6 is 0 Å². The highest BCUT2D eigenvalue weighted by Gasteiger charge is 2.37. The third-order valence-electron chi connectivity index (χ3n) is 1.92. The van der Waals surface area contributed by atoms with E-state index in [4.69, 9.17) is 18.5 Å². The molecule has 5 nitrogen and oxygen atoms in total. The largest absolute Gasteiger partial charge is 0.500 e. The van der Waals surface area contributed by atoms with Crippen molar-refractivity contribution in [3.05, 3.63) is 0 Å². The minimum Gasteiger partial charge on any atom is -0.377 e. The molecular weight excluding hydrogens is 202 g/mol. The van der Waals surface area contributed by atoms with Gasteiger partial charge in [-0.15, -0.1) is 0 Å². The van der Waals surface area contributed by atoms with E-state index < -0.39 is 8.80 Å². The van der Waals surface area contributed by atoms with Crippen LogP contribution in [0.4, 0.5) is 0 Å². The summed E-state index contributed by atoms with van der Waals surface area (Å²) in [4.78, 5) is 0. The smallest absolute Gasteiger partial charge is 0.377 e. The standard InChI is InChI=1S/C8H21NO4Si/c1-4-7-13-14(11-2,12-3)8-5-6-9-10/h9-10H,4-8H2,1-3H3. The molecule has 0 bridgehead atoms. The number of nitrogens with one attached hydrogen (secondary N) is 1. The van der Waals surface area contributed by atoms with Gasteiger partial charge in [0.05, 0.1) is 0 Å². The Hall–Kier alpha value is 0.0169. The lowest BCUT2D eigenvalue weighted by Crippen LogP contribution is -2.44. The van der Waals surface area contributed by atoms with Crippen LogP contribution in [0.1, 0.15) is 19.8 Å².